The molecular weight excluding hydrogens is 316 g/mol. The molecule has 1 aromatic heterocycles. The highest BCUT2D eigenvalue weighted by Gasteiger charge is 2.30. The van der Waals surface area contributed by atoms with Gasteiger partial charge in [-0.1, -0.05) is 17.7 Å². The van der Waals surface area contributed by atoms with E-state index >= 15 is 0 Å². The maximum Gasteiger partial charge on any atom is 0.254 e. The minimum absolute atomic E-state index is 0.0239. The number of aryl methyl sites for hydroxylation is 1. The topological polar surface area (TPSA) is 58.4 Å². The second-order valence-electron chi connectivity index (χ2n) is 6.79. The van der Waals surface area contributed by atoms with Gasteiger partial charge < -0.3 is 14.4 Å². The maximum atomic E-state index is 12.9. The second kappa shape index (κ2) is 6.70. The van der Waals surface area contributed by atoms with E-state index in [0.717, 1.165) is 17.1 Å². The number of hydrogen-bond acceptors (Lipinski definition) is 3. The average molecular weight is 340 g/mol. The summed E-state index contributed by atoms with van der Waals surface area (Å²) in [5.74, 6) is 0.890. The van der Waals surface area contributed by atoms with Gasteiger partial charge in [-0.25, -0.2) is 4.98 Å². The van der Waals surface area contributed by atoms with Crippen molar-refractivity contribution in [2.24, 2.45) is 0 Å². The van der Waals surface area contributed by atoms with Gasteiger partial charge in [-0.05, 0) is 26.0 Å². The Bertz CT molecular complexity index is 810. The lowest BCUT2D eigenvalue weighted by Crippen LogP contribution is -2.41. The number of hydrogen-bond donors (Lipinski definition) is 0. The number of carbonyl (C=O) groups is 2. The molecule has 0 saturated carbocycles. The van der Waals surface area contributed by atoms with E-state index in [1.54, 1.807) is 19.0 Å². The van der Waals surface area contributed by atoms with Crippen molar-refractivity contribution >= 4 is 11.8 Å². The van der Waals surface area contributed by atoms with Crippen molar-refractivity contribution < 1.29 is 9.59 Å². The van der Waals surface area contributed by atoms with Crippen LogP contribution in [-0.2, 0) is 17.8 Å². The minimum atomic E-state index is -0.120. The van der Waals surface area contributed by atoms with Crippen molar-refractivity contribution in [1.29, 1.82) is 0 Å². The first-order valence-corrected chi connectivity index (χ1v) is 8.50. The van der Waals surface area contributed by atoms with Gasteiger partial charge in [0.2, 0.25) is 5.91 Å². The summed E-state index contributed by atoms with van der Waals surface area (Å²) in [4.78, 5) is 32.8. The molecule has 6 nitrogen and oxygen atoms in total. The summed E-state index contributed by atoms with van der Waals surface area (Å²) in [6.07, 6.45) is 2.22. The molecule has 0 unspecified atom stereocenters. The Morgan fingerprint density at radius 3 is 2.72 bits per heavy atom. The fraction of sp³-hybridized carbons (Fsp3) is 0.421. The number of aromatic nitrogens is 2. The van der Waals surface area contributed by atoms with Crippen LogP contribution in [0, 0.1) is 6.92 Å². The quantitative estimate of drug-likeness (QED) is 0.859. The van der Waals surface area contributed by atoms with Crippen molar-refractivity contribution in [3.8, 4) is 0 Å². The van der Waals surface area contributed by atoms with Crippen LogP contribution in [-0.4, -0.2) is 51.8 Å². The zero-order valence-electron chi connectivity index (χ0n) is 15.2. The van der Waals surface area contributed by atoms with Crippen molar-refractivity contribution in [3.63, 3.8) is 0 Å². The molecule has 25 heavy (non-hydrogen) atoms. The average Bonchev–Trinajstić information content (AvgIpc) is 2.98. The van der Waals surface area contributed by atoms with Gasteiger partial charge in [0, 0.05) is 38.9 Å². The standard InChI is InChI=1S/C19H24N4O2/c1-13-6-5-7-15(10-13)19(25)23-9-8-22-12-16(11-17(24)21(3)4)20-18(22)14(23)2/h5-7,10,12,14H,8-9,11H2,1-4H3/t14-/m1/s1. The summed E-state index contributed by atoms with van der Waals surface area (Å²) >= 11 is 0. The van der Waals surface area contributed by atoms with E-state index in [1.807, 2.05) is 49.2 Å². The van der Waals surface area contributed by atoms with Gasteiger partial charge in [0.15, 0.2) is 0 Å². The van der Waals surface area contributed by atoms with Crippen LogP contribution in [0.25, 0.3) is 0 Å². The fourth-order valence-corrected chi connectivity index (χ4v) is 3.17. The van der Waals surface area contributed by atoms with Crippen LogP contribution in [0.4, 0.5) is 0 Å². The third-order valence-corrected chi connectivity index (χ3v) is 4.64. The molecule has 1 aromatic carbocycles. The lowest BCUT2D eigenvalue weighted by molar-refractivity contribution is -0.128. The Balaban J connectivity index is 1.81. The molecule has 0 radical (unpaired) electrons. The zero-order chi connectivity index (χ0) is 18.1. The molecule has 0 bridgehead atoms. The normalized spacial score (nSPS) is 16.5. The smallest absolute Gasteiger partial charge is 0.254 e. The van der Waals surface area contributed by atoms with E-state index in [4.69, 9.17) is 0 Å². The molecule has 1 aliphatic heterocycles. The van der Waals surface area contributed by atoms with Crippen LogP contribution in [0.15, 0.2) is 30.5 Å². The van der Waals surface area contributed by atoms with Crippen LogP contribution < -0.4 is 0 Å². The zero-order valence-corrected chi connectivity index (χ0v) is 15.2. The third-order valence-electron chi connectivity index (χ3n) is 4.64. The molecule has 1 atom stereocenters. The number of rotatable bonds is 3. The van der Waals surface area contributed by atoms with Crippen LogP contribution in [0.1, 0.15) is 40.4 Å². The van der Waals surface area contributed by atoms with Crippen LogP contribution in [0.2, 0.25) is 0 Å². The molecule has 0 fully saturated rings. The second-order valence-corrected chi connectivity index (χ2v) is 6.79. The van der Waals surface area contributed by atoms with Crippen LogP contribution in [0.5, 0.6) is 0 Å². The van der Waals surface area contributed by atoms with Gasteiger partial charge in [0.1, 0.15) is 5.82 Å². The number of benzene rings is 1. The molecule has 2 heterocycles. The first-order chi connectivity index (χ1) is 11.9. The lowest BCUT2D eigenvalue weighted by Gasteiger charge is -2.33. The summed E-state index contributed by atoms with van der Waals surface area (Å²) < 4.78 is 2.06. The molecule has 0 saturated heterocycles. The Labute approximate surface area is 148 Å². The van der Waals surface area contributed by atoms with Crippen molar-refractivity contribution in [2.75, 3.05) is 20.6 Å². The SMILES string of the molecule is Cc1cccc(C(=O)N2CCn3cc(CC(=O)N(C)C)nc3[C@H]2C)c1. The van der Waals surface area contributed by atoms with Crippen molar-refractivity contribution in [3.05, 3.63) is 53.1 Å². The van der Waals surface area contributed by atoms with Gasteiger partial charge in [0.25, 0.3) is 5.91 Å². The maximum absolute atomic E-state index is 12.9. The minimum Gasteiger partial charge on any atom is -0.348 e. The molecule has 0 aliphatic carbocycles. The number of amides is 2. The number of carbonyl (C=O) groups excluding carboxylic acids is 2. The first-order valence-electron chi connectivity index (χ1n) is 8.50. The molecule has 3 rings (SSSR count). The highest BCUT2D eigenvalue weighted by molar-refractivity contribution is 5.94. The monoisotopic (exact) mass is 340 g/mol. The summed E-state index contributed by atoms with van der Waals surface area (Å²) in [6.45, 7) is 5.30. The largest absolute Gasteiger partial charge is 0.348 e. The predicted octanol–water partition coefficient (Wildman–Crippen LogP) is 2.04. The van der Waals surface area contributed by atoms with E-state index in [2.05, 4.69) is 9.55 Å². The van der Waals surface area contributed by atoms with Gasteiger partial charge in [-0.15, -0.1) is 0 Å². The van der Waals surface area contributed by atoms with Gasteiger partial charge in [-0.2, -0.15) is 0 Å². The lowest BCUT2D eigenvalue weighted by atomic mass is 10.1. The first kappa shape index (κ1) is 17.2. The van der Waals surface area contributed by atoms with Crippen molar-refractivity contribution in [1.82, 2.24) is 19.4 Å². The Hall–Kier alpha value is -2.63. The Morgan fingerprint density at radius 1 is 1.28 bits per heavy atom. The summed E-state index contributed by atoms with van der Waals surface area (Å²) in [5.41, 5.74) is 2.53. The number of fused-ring (bicyclic) bond motifs is 1. The Morgan fingerprint density at radius 2 is 2.04 bits per heavy atom. The van der Waals surface area contributed by atoms with E-state index in [-0.39, 0.29) is 24.3 Å². The highest BCUT2D eigenvalue weighted by Crippen LogP contribution is 2.26. The van der Waals surface area contributed by atoms with E-state index in [1.165, 1.54) is 0 Å². The third kappa shape index (κ3) is 3.43. The van der Waals surface area contributed by atoms with Gasteiger partial charge >= 0.3 is 0 Å². The number of likely N-dealkylation sites (N-methyl/N-ethyl adjacent to an activating group) is 1. The molecule has 0 N–H and O–H groups in total. The van der Waals surface area contributed by atoms with Gasteiger partial charge in [-0.3, -0.25) is 9.59 Å². The molecule has 6 heteroatoms. The van der Waals surface area contributed by atoms with Crippen LogP contribution >= 0.6 is 0 Å². The summed E-state index contributed by atoms with van der Waals surface area (Å²) in [5, 5.41) is 0. The molecule has 2 amide bonds. The summed E-state index contributed by atoms with van der Waals surface area (Å²) in [7, 11) is 3.48. The molecule has 0 spiro atoms. The number of imidazole rings is 1. The molecular formula is C19H24N4O2. The predicted molar refractivity (Wildman–Crippen MR) is 95.3 cm³/mol. The van der Waals surface area contributed by atoms with E-state index in [9.17, 15) is 9.59 Å². The van der Waals surface area contributed by atoms with E-state index < -0.39 is 0 Å². The van der Waals surface area contributed by atoms with Crippen molar-refractivity contribution in [2.45, 2.75) is 32.9 Å². The van der Waals surface area contributed by atoms with Crippen LogP contribution in [0.3, 0.4) is 0 Å². The summed E-state index contributed by atoms with van der Waals surface area (Å²) in [6, 6.07) is 7.53. The number of nitrogens with zero attached hydrogens (tertiary/aromatic N) is 4. The fourth-order valence-electron chi connectivity index (χ4n) is 3.17. The Kier molecular flexibility index (Phi) is 4.61. The molecule has 1 aliphatic rings. The highest BCUT2D eigenvalue weighted by atomic mass is 16.2. The van der Waals surface area contributed by atoms with E-state index in [0.29, 0.717) is 18.7 Å². The molecule has 132 valence electrons. The van der Waals surface area contributed by atoms with Gasteiger partial charge in [0.05, 0.1) is 18.2 Å². The molecule has 2 aromatic rings.